The van der Waals surface area contributed by atoms with Crippen molar-refractivity contribution in [2.75, 3.05) is 6.54 Å². The topological polar surface area (TPSA) is 137 Å². The lowest BCUT2D eigenvalue weighted by Gasteiger charge is -2.45. The SMILES string of the molecule is CC(C)(C)C1CCC(CCC(=O)C=[N+]=[N-])([N+](=O)[O-])CN1C(=O)O. The first-order valence-electron chi connectivity index (χ1n) is 7.38. The molecular weight excluding hydrogens is 304 g/mol. The molecule has 2 atom stereocenters. The molecule has 1 rings (SSSR count). The number of amides is 1. The quantitative estimate of drug-likeness (QED) is 0.270. The Bertz CT molecular complexity index is 550. The minimum atomic E-state index is -1.49. The number of carbonyl (C=O) groups excluding carboxylic acids is 1. The number of ketones is 1. The summed E-state index contributed by atoms with van der Waals surface area (Å²) >= 11 is 0. The van der Waals surface area contributed by atoms with Crippen LogP contribution in [-0.4, -0.2) is 55.9 Å². The van der Waals surface area contributed by atoms with E-state index >= 15 is 0 Å². The Hall–Kier alpha value is -2.28. The number of piperidine rings is 1. The van der Waals surface area contributed by atoms with Crippen LogP contribution in [0.25, 0.3) is 5.53 Å². The van der Waals surface area contributed by atoms with Crippen molar-refractivity contribution in [2.45, 2.75) is 58.0 Å². The predicted molar refractivity (Wildman–Crippen MR) is 80.9 cm³/mol. The Balaban J connectivity index is 3.02. The highest BCUT2D eigenvalue weighted by molar-refractivity contribution is 6.25. The van der Waals surface area contributed by atoms with Crippen molar-refractivity contribution in [3.63, 3.8) is 0 Å². The molecule has 1 aliphatic heterocycles. The molecule has 2 unspecified atom stereocenters. The van der Waals surface area contributed by atoms with Gasteiger partial charge in [0.25, 0.3) is 0 Å². The summed E-state index contributed by atoms with van der Waals surface area (Å²) in [5.74, 6) is -0.534. The third-order valence-corrected chi connectivity index (χ3v) is 4.40. The Morgan fingerprint density at radius 3 is 2.57 bits per heavy atom. The van der Waals surface area contributed by atoms with Gasteiger partial charge in [0, 0.05) is 30.2 Å². The lowest BCUT2D eigenvalue weighted by Crippen LogP contribution is -2.61. The van der Waals surface area contributed by atoms with E-state index in [-0.39, 0.29) is 37.3 Å². The maximum Gasteiger partial charge on any atom is 0.407 e. The number of likely N-dealkylation sites (tertiary alicyclic amines) is 1. The van der Waals surface area contributed by atoms with Crippen LogP contribution >= 0.6 is 0 Å². The lowest BCUT2D eigenvalue weighted by molar-refractivity contribution is -0.576. The van der Waals surface area contributed by atoms with Crippen LogP contribution in [0.5, 0.6) is 0 Å². The van der Waals surface area contributed by atoms with Crippen LogP contribution in [0.4, 0.5) is 4.79 Å². The Morgan fingerprint density at radius 1 is 1.52 bits per heavy atom. The Kier molecular flexibility index (Phi) is 5.60. The summed E-state index contributed by atoms with van der Waals surface area (Å²) in [4.78, 5) is 37.8. The highest BCUT2D eigenvalue weighted by atomic mass is 16.6. The maximum atomic E-state index is 11.6. The van der Waals surface area contributed by atoms with Crippen molar-refractivity contribution in [2.24, 2.45) is 5.41 Å². The molecule has 9 nitrogen and oxygen atoms in total. The van der Waals surface area contributed by atoms with Crippen LogP contribution < -0.4 is 0 Å². The van der Waals surface area contributed by atoms with Gasteiger partial charge in [0.1, 0.15) is 0 Å². The maximum absolute atomic E-state index is 11.6. The molecule has 0 spiro atoms. The molecule has 0 bridgehead atoms. The number of rotatable bonds is 5. The minimum absolute atomic E-state index is 0.0918. The van der Waals surface area contributed by atoms with Crippen LogP contribution in [0.3, 0.4) is 0 Å². The van der Waals surface area contributed by atoms with E-state index in [0.29, 0.717) is 12.6 Å². The predicted octanol–water partition coefficient (Wildman–Crippen LogP) is 1.84. The average molecular weight is 326 g/mol. The van der Waals surface area contributed by atoms with E-state index in [0.717, 1.165) is 4.90 Å². The number of carbonyl (C=O) groups is 2. The number of carboxylic acid groups (broad SMARTS) is 1. The average Bonchev–Trinajstić information content (AvgIpc) is 2.43. The molecule has 0 aromatic heterocycles. The molecule has 23 heavy (non-hydrogen) atoms. The summed E-state index contributed by atoms with van der Waals surface area (Å²) in [6, 6.07) is -0.317. The van der Waals surface area contributed by atoms with Gasteiger partial charge < -0.3 is 10.6 Å². The number of Topliss-reactive ketones (excluding diaryl/α,β-unsaturated/α-hetero) is 1. The van der Waals surface area contributed by atoms with Gasteiger partial charge in [0.05, 0.1) is 6.54 Å². The molecule has 1 N–H and O–H groups in total. The monoisotopic (exact) mass is 326 g/mol. The van der Waals surface area contributed by atoms with Crippen LogP contribution in [-0.2, 0) is 4.79 Å². The van der Waals surface area contributed by atoms with Crippen LogP contribution in [0.15, 0.2) is 0 Å². The Labute approximate surface area is 134 Å². The number of hydrogen-bond donors (Lipinski definition) is 1. The standard InChI is InChI=1S/C14H22N4O5/c1-13(2,3)11-5-7-14(18(22)23,9-17(11)12(20)21)6-4-10(19)8-16-15/h8,11H,4-7,9H2,1-3H3,(H,20,21). The van der Waals surface area contributed by atoms with Gasteiger partial charge in [0.2, 0.25) is 11.3 Å². The molecule has 0 saturated carbocycles. The molecule has 1 amide bonds. The minimum Gasteiger partial charge on any atom is -0.465 e. The van der Waals surface area contributed by atoms with Crippen LogP contribution in [0.2, 0.25) is 0 Å². The fourth-order valence-corrected chi connectivity index (χ4v) is 3.10. The lowest BCUT2D eigenvalue weighted by atomic mass is 9.74. The van der Waals surface area contributed by atoms with Gasteiger partial charge in [-0.05, 0) is 11.8 Å². The van der Waals surface area contributed by atoms with Crippen molar-refractivity contribution in [1.29, 1.82) is 0 Å². The van der Waals surface area contributed by atoms with Gasteiger partial charge in [-0.15, -0.1) is 0 Å². The summed E-state index contributed by atoms with van der Waals surface area (Å²) < 4.78 is 0. The third-order valence-electron chi connectivity index (χ3n) is 4.40. The third kappa shape index (κ3) is 4.35. The molecule has 0 aromatic rings. The summed E-state index contributed by atoms with van der Waals surface area (Å²) in [6.45, 7) is 5.44. The van der Waals surface area contributed by atoms with Crippen LogP contribution in [0.1, 0.15) is 46.5 Å². The summed E-state index contributed by atoms with van der Waals surface area (Å²) in [5, 5.41) is 21.0. The van der Waals surface area contributed by atoms with E-state index in [1.54, 1.807) is 0 Å². The van der Waals surface area contributed by atoms with Crippen molar-refractivity contribution in [3.8, 4) is 0 Å². The fourth-order valence-electron chi connectivity index (χ4n) is 3.10. The van der Waals surface area contributed by atoms with Crippen LogP contribution in [0, 0.1) is 15.5 Å². The second kappa shape index (κ2) is 6.87. The van der Waals surface area contributed by atoms with Gasteiger partial charge in [-0.1, -0.05) is 20.8 Å². The van der Waals surface area contributed by atoms with Crippen molar-refractivity contribution in [3.05, 3.63) is 15.6 Å². The molecule has 1 saturated heterocycles. The van der Waals surface area contributed by atoms with Crippen molar-refractivity contribution < 1.29 is 24.4 Å². The van der Waals surface area contributed by atoms with E-state index in [1.807, 2.05) is 20.8 Å². The Morgan fingerprint density at radius 2 is 2.13 bits per heavy atom. The van der Waals surface area contributed by atoms with Crippen molar-refractivity contribution >= 4 is 18.1 Å². The highest BCUT2D eigenvalue weighted by Crippen LogP contribution is 2.38. The van der Waals surface area contributed by atoms with Gasteiger partial charge in [-0.3, -0.25) is 19.8 Å². The van der Waals surface area contributed by atoms with Gasteiger partial charge >= 0.3 is 12.3 Å². The van der Waals surface area contributed by atoms with Gasteiger partial charge in [-0.25, -0.2) is 4.79 Å². The van der Waals surface area contributed by atoms with Gasteiger partial charge in [-0.2, -0.15) is 4.79 Å². The molecule has 1 aliphatic rings. The first kappa shape index (κ1) is 18.8. The fraction of sp³-hybridized carbons (Fsp3) is 0.786. The smallest absolute Gasteiger partial charge is 0.407 e. The first-order valence-corrected chi connectivity index (χ1v) is 7.38. The molecule has 9 heteroatoms. The molecule has 128 valence electrons. The molecule has 1 fully saturated rings. The summed E-state index contributed by atoms with van der Waals surface area (Å²) in [5.41, 5.74) is 6.50. The van der Waals surface area contributed by atoms with E-state index in [4.69, 9.17) is 5.53 Å². The molecule has 0 aliphatic carbocycles. The number of nitro groups is 1. The largest absolute Gasteiger partial charge is 0.465 e. The number of nitrogens with zero attached hydrogens (tertiary/aromatic N) is 4. The number of hydrogen-bond acceptors (Lipinski definition) is 4. The first-order chi connectivity index (χ1) is 10.5. The van der Waals surface area contributed by atoms with E-state index in [9.17, 15) is 24.8 Å². The van der Waals surface area contributed by atoms with Crippen molar-refractivity contribution in [1.82, 2.24) is 4.90 Å². The summed E-state index contributed by atoms with van der Waals surface area (Å²) in [7, 11) is 0. The van der Waals surface area contributed by atoms with E-state index < -0.39 is 22.3 Å². The molecular formula is C14H22N4O5. The zero-order chi connectivity index (χ0) is 17.8. The molecule has 0 aromatic carbocycles. The molecule has 1 heterocycles. The van der Waals surface area contributed by atoms with Gasteiger partial charge in [0.15, 0.2) is 0 Å². The zero-order valence-electron chi connectivity index (χ0n) is 13.6. The second-order valence-electron chi connectivity index (χ2n) is 7.02. The molecule has 0 radical (unpaired) electrons. The second-order valence-corrected chi connectivity index (χ2v) is 7.02. The highest BCUT2D eigenvalue weighted by Gasteiger charge is 2.52. The summed E-state index contributed by atoms with van der Waals surface area (Å²) in [6.07, 6.45) is -0.193. The van der Waals surface area contributed by atoms with E-state index in [1.165, 1.54) is 0 Å². The van der Waals surface area contributed by atoms with E-state index in [2.05, 4.69) is 4.79 Å². The zero-order valence-corrected chi connectivity index (χ0v) is 13.6. The normalized spacial score (nSPS) is 24.7.